The number of nitrogens with zero attached hydrogens (tertiary/aromatic N) is 5. The minimum absolute atomic E-state index is 0.00309. The molecule has 0 saturated carbocycles. The molecule has 2 aromatic heterocycles. The van der Waals surface area contributed by atoms with Crippen LogP contribution in [0.5, 0.6) is 0 Å². The number of unbranched alkanes of at least 4 members (excludes halogenated alkanes) is 6. The van der Waals surface area contributed by atoms with E-state index < -0.39 is 0 Å². The first-order valence-electron chi connectivity index (χ1n) is 14.6. The van der Waals surface area contributed by atoms with Crippen molar-refractivity contribution in [2.45, 2.75) is 109 Å². The predicted octanol–water partition coefficient (Wildman–Crippen LogP) is 7.51. The van der Waals surface area contributed by atoms with Crippen molar-refractivity contribution >= 4 is 29.3 Å². The van der Waals surface area contributed by atoms with Crippen molar-refractivity contribution in [1.29, 1.82) is 0 Å². The Bertz CT molecular complexity index is 986. The van der Waals surface area contributed by atoms with Crippen molar-refractivity contribution in [3.8, 4) is 0 Å². The number of carbonyl (C=O) groups excluding carboxylic acids is 1. The van der Waals surface area contributed by atoms with Gasteiger partial charge in [-0.2, -0.15) is 0 Å². The predicted molar refractivity (Wildman–Crippen MR) is 164 cm³/mol. The molecule has 1 saturated heterocycles. The van der Waals surface area contributed by atoms with Crippen LogP contribution in [0.1, 0.15) is 113 Å². The van der Waals surface area contributed by atoms with E-state index in [9.17, 15) is 4.79 Å². The fourth-order valence-corrected chi connectivity index (χ4v) is 5.98. The number of Topliss-reactive ketones (excluding diaryl/α,β-unsaturated/α-hetero) is 1. The summed E-state index contributed by atoms with van der Waals surface area (Å²) in [5.41, 5.74) is 3.60. The van der Waals surface area contributed by atoms with E-state index in [4.69, 9.17) is 9.72 Å². The quantitative estimate of drug-likeness (QED) is 0.0927. The molecule has 0 aromatic carbocycles. The van der Waals surface area contributed by atoms with Gasteiger partial charge in [-0.15, -0.1) is 0 Å². The molecule has 1 aliphatic heterocycles. The largest absolute Gasteiger partial charge is 0.379 e. The van der Waals surface area contributed by atoms with Crippen LogP contribution >= 0.6 is 23.5 Å². The van der Waals surface area contributed by atoms with Gasteiger partial charge in [0.15, 0.2) is 16.1 Å². The summed E-state index contributed by atoms with van der Waals surface area (Å²) < 4.78 is 5.44. The highest BCUT2D eigenvalue weighted by Crippen LogP contribution is 2.23. The van der Waals surface area contributed by atoms with Crippen molar-refractivity contribution in [2.24, 2.45) is 0 Å². The standard InChI is InChI=1S/C17H29N3OS.C13H20N2OS/c1-4-5-6-7-12-22-17-18-14(2)13-16(19-17)15(3)20-8-10-21-11-9-20;1-4-5-6-7-8-17-13-14-10(2)9-12(15-13)11(3)16/h13,15H,4-12H2,1-3H3;9H,4-8H2,1-3H3. The zero-order chi connectivity index (χ0) is 28.5. The van der Waals surface area contributed by atoms with Crippen LogP contribution in [0.3, 0.4) is 0 Å². The van der Waals surface area contributed by atoms with Gasteiger partial charge in [-0.1, -0.05) is 75.9 Å². The molecule has 7 nitrogen and oxygen atoms in total. The molecule has 0 N–H and O–H groups in total. The Morgan fingerprint density at radius 2 is 1.38 bits per heavy atom. The van der Waals surface area contributed by atoms with Gasteiger partial charge in [0.2, 0.25) is 0 Å². The topological polar surface area (TPSA) is 81.1 Å². The minimum atomic E-state index is 0.00309. The number of aromatic nitrogens is 4. The average Bonchev–Trinajstić information content (AvgIpc) is 2.92. The number of ether oxygens (including phenoxy) is 1. The van der Waals surface area contributed by atoms with Crippen LogP contribution in [0, 0.1) is 13.8 Å². The summed E-state index contributed by atoms with van der Waals surface area (Å²) in [5.74, 6) is 2.15. The fourth-order valence-electron chi connectivity index (χ4n) is 4.17. The molecule has 218 valence electrons. The lowest BCUT2D eigenvalue weighted by Gasteiger charge is -2.32. The van der Waals surface area contributed by atoms with Crippen molar-refractivity contribution in [3.05, 3.63) is 34.9 Å². The molecular weight excluding hydrogens is 526 g/mol. The summed E-state index contributed by atoms with van der Waals surface area (Å²) in [6.07, 6.45) is 10.2. The van der Waals surface area contributed by atoms with Crippen LogP contribution in [0.25, 0.3) is 0 Å². The van der Waals surface area contributed by atoms with E-state index in [-0.39, 0.29) is 5.78 Å². The molecule has 3 heterocycles. The second kappa shape index (κ2) is 19.5. The van der Waals surface area contributed by atoms with E-state index in [2.05, 4.69) is 53.6 Å². The number of carbonyl (C=O) groups is 1. The number of hydrogen-bond acceptors (Lipinski definition) is 9. The number of ketones is 1. The second-order valence-corrected chi connectivity index (χ2v) is 12.2. The summed E-state index contributed by atoms with van der Waals surface area (Å²) in [5, 5.41) is 1.67. The lowest BCUT2D eigenvalue weighted by Crippen LogP contribution is -2.38. The first kappa shape index (κ1) is 33.7. The van der Waals surface area contributed by atoms with Gasteiger partial charge in [0, 0.05) is 48.9 Å². The van der Waals surface area contributed by atoms with E-state index in [0.717, 1.165) is 65.2 Å². The normalized spacial score (nSPS) is 14.5. The maximum absolute atomic E-state index is 11.3. The van der Waals surface area contributed by atoms with Gasteiger partial charge >= 0.3 is 0 Å². The van der Waals surface area contributed by atoms with Gasteiger partial charge in [-0.3, -0.25) is 9.69 Å². The zero-order valence-corrected chi connectivity index (χ0v) is 26.6. The van der Waals surface area contributed by atoms with Crippen LogP contribution < -0.4 is 0 Å². The Kier molecular flexibility index (Phi) is 16.8. The minimum Gasteiger partial charge on any atom is -0.379 e. The Balaban J connectivity index is 0.000000283. The van der Waals surface area contributed by atoms with Crippen LogP contribution in [0.4, 0.5) is 0 Å². The SMILES string of the molecule is CCCCCCSc1nc(C)cc(C(C)=O)n1.CCCCCCSc1nc(C)cc(C(C)N2CCOCC2)n1. The van der Waals surface area contributed by atoms with Gasteiger partial charge in [-0.25, -0.2) is 19.9 Å². The molecule has 0 amide bonds. The summed E-state index contributed by atoms with van der Waals surface area (Å²) in [6, 6.07) is 4.20. The van der Waals surface area contributed by atoms with Gasteiger partial charge in [0.05, 0.1) is 18.9 Å². The molecule has 1 fully saturated rings. The molecule has 39 heavy (non-hydrogen) atoms. The van der Waals surface area contributed by atoms with Gasteiger partial charge < -0.3 is 4.74 Å². The summed E-state index contributed by atoms with van der Waals surface area (Å²) in [6.45, 7) is 15.8. The van der Waals surface area contributed by atoms with E-state index in [1.54, 1.807) is 29.6 Å². The Labute approximate surface area is 245 Å². The van der Waals surface area contributed by atoms with Gasteiger partial charge in [0.25, 0.3) is 0 Å². The lowest BCUT2D eigenvalue weighted by molar-refractivity contribution is 0.0189. The average molecular weight is 576 g/mol. The van der Waals surface area contributed by atoms with Crippen molar-refractivity contribution in [2.75, 3.05) is 37.8 Å². The summed E-state index contributed by atoms with van der Waals surface area (Å²) >= 11 is 3.44. The number of hydrogen-bond donors (Lipinski definition) is 0. The van der Waals surface area contributed by atoms with Gasteiger partial charge in [0.1, 0.15) is 5.69 Å². The molecule has 1 aliphatic rings. The van der Waals surface area contributed by atoms with E-state index in [1.165, 1.54) is 58.3 Å². The maximum atomic E-state index is 11.3. The van der Waals surface area contributed by atoms with Gasteiger partial charge in [-0.05, 0) is 45.7 Å². The summed E-state index contributed by atoms with van der Waals surface area (Å²) in [4.78, 5) is 31.7. The number of morpholine rings is 1. The third kappa shape index (κ3) is 13.6. The third-order valence-corrected chi connectivity index (χ3v) is 8.39. The molecule has 1 atom stereocenters. The van der Waals surface area contributed by atoms with Crippen molar-refractivity contribution in [1.82, 2.24) is 24.8 Å². The fraction of sp³-hybridized carbons (Fsp3) is 0.700. The summed E-state index contributed by atoms with van der Waals surface area (Å²) in [7, 11) is 0. The lowest BCUT2D eigenvalue weighted by atomic mass is 10.1. The highest BCUT2D eigenvalue weighted by atomic mass is 32.2. The van der Waals surface area contributed by atoms with E-state index in [0.29, 0.717) is 11.7 Å². The molecule has 2 aromatic rings. The number of thioether (sulfide) groups is 2. The highest BCUT2D eigenvalue weighted by molar-refractivity contribution is 7.99. The molecular formula is C30H49N5O2S2. The molecule has 0 aliphatic carbocycles. The number of rotatable bonds is 15. The van der Waals surface area contributed by atoms with Crippen LogP contribution in [0.15, 0.2) is 22.4 Å². The third-order valence-electron chi connectivity index (χ3n) is 6.53. The second-order valence-electron chi connectivity index (χ2n) is 10.1. The monoisotopic (exact) mass is 575 g/mol. The molecule has 0 bridgehead atoms. The molecule has 0 spiro atoms. The van der Waals surface area contributed by atoms with Crippen LogP contribution in [-0.2, 0) is 4.74 Å². The van der Waals surface area contributed by atoms with Crippen molar-refractivity contribution < 1.29 is 9.53 Å². The maximum Gasteiger partial charge on any atom is 0.188 e. The molecule has 9 heteroatoms. The Hall–Kier alpha value is -1.55. The molecule has 1 unspecified atom stereocenters. The van der Waals surface area contributed by atoms with E-state index >= 15 is 0 Å². The zero-order valence-electron chi connectivity index (χ0n) is 25.0. The first-order chi connectivity index (χ1) is 18.8. The molecule has 0 radical (unpaired) electrons. The molecule has 3 rings (SSSR count). The first-order valence-corrected chi connectivity index (χ1v) is 16.6. The van der Waals surface area contributed by atoms with Crippen LogP contribution in [0.2, 0.25) is 0 Å². The van der Waals surface area contributed by atoms with Crippen molar-refractivity contribution in [3.63, 3.8) is 0 Å². The van der Waals surface area contributed by atoms with Crippen LogP contribution in [-0.4, -0.2) is 68.4 Å². The smallest absolute Gasteiger partial charge is 0.188 e. The highest BCUT2D eigenvalue weighted by Gasteiger charge is 2.20. The Morgan fingerprint density at radius 3 is 1.92 bits per heavy atom. The number of aryl methyl sites for hydroxylation is 2. The Morgan fingerprint density at radius 1 is 0.846 bits per heavy atom. The van der Waals surface area contributed by atoms with E-state index in [1.807, 2.05) is 6.92 Å².